The maximum atomic E-state index is 2.42. The maximum Gasteiger partial charge on any atom is 0.0541 e. The SMILES string of the molecule is c1cc(-c2ccc(N(c3cccc(-c4cccc5ccccc45)c3)c3cccc4ccccc34)cc2)cc(-c2ccccc2-n2c3ccccc3c3ccccc32)c1. The van der Waals surface area contributed by atoms with Gasteiger partial charge in [0, 0.05) is 33.1 Å². The molecule has 1 aromatic heterocycles. The summed E-state index contributed by atoms with van der Waals surface area (Å²) in [5, 5.41) is 7.44. The van der Waals surface area contributed by atoms with Crippen LogP contribution in [0, 0.1) is 0 Å². The third kappa shape index (κ3) is 5.74. The van der Waals surface area contributed by atoms with Crippen LogP contribution in [0.15, 0.2) is 231 Å². The Kier molecular flexibility index (Phi) is 8.19. The fraction of sp³-hybridized carbons (Fsp3) is 0. The Balaban J connectivity index is 1.01. The second-order valence-corrected chi connectivity index (χ2v) is 14.9. The molecule has 0 saturated carbocycles. The van der Waals surface area contributed by atoms with Crippen LogP contribution in [-0.4, -0.2) is 4.57 Å². The smallest absolute Gasteiger partial charge is 0.0541 e. The molecule has 0 amide bonds. The molecule has 0 atom stereocenters. The molecule has 0 aliphatic heterocycles. The molecular formula is C56H38N2. The first kappa shape index (κ1) is 33.6. The summed E-state index contributed by atoms with van der Waals surface area (Å²) in [7, 11) is 0. The van der Waals surface area contributed by atoms with E-state index in [9.17, 15) is 0 Å². The molecule has 0 bridgehead atoms. The molecule has 0 saturated heterocycles. The van der Waals surface area contributed by atoms with Gasteiger partial charge in [0.1, 0.15) is 0 Å². The van der Waals surface area contributed by atoms with Crippen molar-refractivity contribution >= 4 is 60.4 Å². The molecule has 272 valence electrons. The number of rotatable bonds is 7. The van der Waals surface area contributed by atoms with Crippen LogP contribution in [-0.2, 0) is 0 Å². The van der Waals surface area contributed by atoms with E-state index in [1.54, 1.807) is 0 Å². The van der Waals surface area contributed by atoms with E-state index >= 15 is 0 Å². The number of benzene rings is 10. The van der Waals surface area contributed by atoms with Crippen LogP contribution in [0.25, 0.3) is 82.4 Å². The van der Waals surface area contributed by atoms with Crippen LogP contribution >= 0.6 is 0 Å². The molecule has 0 aliphatic carbocycles. The van der Waals surface area contributed by atoms with E-state index in [-0.39, 0.29) is 0 Å². The third-order valence-corrected chi connectivity index (χ3v) is 11.6. The quantitative estimate of drug-likeness (QED) is 0.158. The highest BCUT2D eigenvalue weighted by molar-refractivity contribution is 6.10. The van der Waals surface area contributed by atoms with Gasteiger partial charge in [-0.3, -0.25) is 0 Å². The Hall–Kier alpha value is -7.68. The summed E-state index contributed by atoms with van der Waals surface area (Å²) in [6.45, 7) is 0. The third-order valence-electron chi connectivity index (χ3n) is 11.6. The van der Waals surface area contributed by atoms with Crippen molar-refractivity contribution in [3.05, 3.63) is 231 Å². The molecule has 0 spiro atoms. The number of aromatic nitrogens is 1. The van der Waals surface area contributed by atoms with Crippen molar-refractivity contribution in [3.63, 3.8) is 0 Å². The lowest BCUT2D eigenvalue weighted by Gasteiger charge is -2.27. The van der Waals surface area contributed by atoms with E-state index in [0.717, 1.165) is 17.1 Å². The first-order valence-corrected chi connectivity index (χ1v) is 19.9. The molecular weight excluding hydrogens is 701 g/mol. The minimum absolute atomic E-state index is 1.10. The predicted octanol–water partition coefficient (Wildman–Crippen LogP) is 15.6. The zero-order chi connectivity index (χ0) is 38.4. The van der Waals surface area contributed by atoms with Gasteiger partial charge in [-0.15, -0.1) is 0 Å². The van der Waals surface area contributed by atoms with Crippen molar-refractivity contribution in [1.82, 2.24) is 4.57 Å². The van der Waals surface area contributed by atoms with E-state index in [0.29, 0.717) is 0 Å². The molecule has 10 aromatic carbocycles. The summed E-state index contributed by atoms with van der Waals surface area (Å²) in [5.74, 6) is 0. The minimum atomic E-state index is 1.10. The van der Waals surface area contributed by atoms with Crippen LogP contribution in [0.3, 0.4) is 0 Å². The van der Waals surface area contributed by atoms with Gasteiger partial charge >= 0.3 is 0 Å². The van der Waals surface area contributed by atoms with E-state index < -0.39 is 0 Å². The Morgan fingerprint density at radius 3 is 1.57 bits per heavy atom. The number of nitrogens with zero attached hydrogens (tertiary/aromatic N) is 2. The molecule has 0 N–H and O–H groups in total. The largest absolute Gasteiger partial charge is 0.310 e. The summed E-state index contributed by atoms with van der Waals surface area (Å²) in [6.07, 6.45) is 0. The van der Waals surface area contributed by atoms with E-state index in [1.807, 2.05) is 0 Å². The Morgan fingerprint density at radius 1 is 0.293 bits per heavy atom. The first-order valence-electron chi connectivity index (χ1n) is 19.9. The predicted molar refractivity (Wildman–Crippen MR) is 247 cm³/mol. The van der Waals surface area contributed by atoms with E-state index in [1.165, 1.54) is 82.4 Å². The normalized spacial score (nSPS) is 11.4. The van der Waals surface area contributed by atoms with Crippen LogP contribution in [0.2, 0.25) is 0 Å². The van der Waals surface area contributed by atoms with Gasteiger partial charge in [0.25, 0.3) is 0 Å². The highest BCUT2D eigenvalue weighted by atomic mass is 15.1. The average Bonchev–Trinajstić information content (AvgIpc) is 3.64. The van der Waals surface area contributed by atoms with Gasteiger partial charge in [-0.2, -0.15) is 0 Å². The first-order chi connectivity index (χ1) is 28.8. The van der Waals surface area contributed by atoms with Crippen molar-refractivity contribution in [2.45, 2.75) is 0 Å². The van der Waals surface area contributed by atoms with E-state index in [2.05, 4.69) is 240 Å². The zero-order valence-corrected chi connectivity index (χ0v) is 31.8. The molecule has 2 nitrogen and oxygen atoms in total. The van der Waals surface area contributed by atoms with Gasteiger partial charge in [0.15, 0.2) is 0 Å². The summed E-state index contributed by atoms with van der Waals surface area (Å²) in [6, 6.07) is 83.7. The number of para-hydroxylation sites is 3. The van der Waals surface area contributed by atoms with Gasteiger partial charge < -0.3 is 9.47 Å². The lowest BCUT2D eigenvalue weighted by atomic mass is 9.97. The fourth-order valence-electron chi connectivity index (χ4n) is 8.88. The fourth-order valence-corrected chi connectivity index (χ4v) is 8.88. The number of fused-ring (bicyclic) bond motifs is 5. The lowest BCUT2D eigenvalue weighted by Crippen LogP contribution is -2.10. The molecule has 0 aliphatic rings. The Bertz CT molecular complexity index is 3230. The molecule has 0 fully saturated rings. The summed E-state index contributed by atoms with van der Waals surface area (Å²) in [4.78, 5) is 2.40. The van der Waals surface area contributed by atoms with Gasteiger partial charge in [-0.05, 0) is 98.6 Å². The van der Waals surface area contributed by atoms with Crippen molar-refractivity contribution in [1.29, 1.82) is 0 Å². The van der Waals surface area contributed by atoms with Crippen molar-refractivity contribution in [2.75, 3.05) is 4.90 Å². The standard InChI is InChI=1S/C56H38N2/c1-3-23-47-40(15-1)17-13-28-48(47)44-21-12-22-46(38-44)57(53-32-14-18-41-16-2-4-24-49(41)53)45-35-33-39(34-36-45)42-19-11-20-43(37-42)50-25-5-8-29-54(50)58-55-30-9-6-26-51(55)52-27-7-10-31-56(52)58/h1-38H. The Labute approximate surface area is 338 Å². The zero-order valence-electron chi connectivity index (χ0n) is 31.8. The highest BCUT2D eigenvalue weighted by Gasteiger charge is 2.18. The van der Waals surface area contributed by atoms with Crippen LogP contribution in [0.1, 0.15) is 0 Å². The highest BCUT2D eigenvalue weighted by Crippen LogP contribution is 2.42. The number of hydrogen-bond donors (Lipinski definition) is 0. The van der Waals surface area contributed by atoms with Crippen molar-refractivity contribution < 1.29 is 0 Å². The second-order valence-electron chi connectivity index (χ2n) is 14.9. The monoisotopic (exact) mass is 738 g/mol. The van der Waals surface area contributed by atoms with Gasteiger partial charge in [-0.25, -0.2) is 0 Å². The van der Waals surface area contributed by atoms with Gasteiger partial charge in [0.2, 0.25) is 0 Å². The summed E-state index contributed by atoms with van der Waals surface area (Å²) >= 11 is 0. The molecule has 2 heteroatoms. The maximum absolute atomic E-state index is 2.42. The minimum Gasteiger partial charge on any atom is -0.310 e. The molecule has 0 radical (unpaired) electrons. The number of anilines is 3. The molecule has 0 unspecified atom stereocenters. The van der Waals surface area contributed by atoms with E-state index in [4.69, 9.17) is 0 Å². The molecule has 11 aromatic rings. The topological polar surface area (TPSA) is 8.17 Å². The van der Waals surface area contributed by atoms with Crippen LogP contribution in [0.5, 0.6) is 0 Å². The van der Waals surface area contributed by atoms with Crippen molar-refractivity contribution in [2.24, 2.45) is 0 Å². The van der Waals surface area contributed by atoms with Crippen molar-refractivity contribution in [3.8, 4) is 39.1 Å². The summed E-state index contributed by atoms with van der Waals surface area (Å²) in [5.41, 5.74) is 14.1. The van der Waals surface area contributed by atoms with Gasteiger partial charge in [-0.1, -0.05) is 176 Å². The summed E-state index contributed by atoms with van der Waals surface area (Å²) < 4.78 is 2.42. The van der Waals surface area contributed by atoms with Crippen LogP contribution in [0.4, 0.5) is 17.1 Å². The lowest BCUT2D eigenvalue weighted by molar-refractivity contribution is 1.18. The Morgan fingerprint density at radius 2 is 0.810 bits per heavy atom. The molecule has 1 heterocycles. The van der Waals surface area contributed by atoms with Gasteiger partial charge in [0.05, 0.1) is 22.4 Å². The number of hydrogen-bond acceptors (Lipinski definition) is 1. The average molecular weight is 739 g/mol. The van der Waals surface area contributed by atoms with Crippen LogP contribution < -0.4 is 4.90 Å². The molecule has 58 heavy (non-hydrogen) atoms. The second kappa shape index (κ2) is 14.1. The molecule has 11 rings (SSSR count).